The first-order valence-corrected chi connectivity index (χ1v) is 9.93. The van der Waals surface area contributed by atoms with Gasteiger partial charge in [-0.1, -0.05) is 30.0 Å². The molecule has 2 aromatic carbocycles. The molecular weight excluding hydrogens is 360 g/mol. The normalized spacial score (nSPS) is 11.0. The molecule has 0 aliphatic carbocycles. The third-order valence-electron chi connectivity index (χ3n) is 3.09. The predicted molar refractivity (Wildman–Crippen MR) is 100 cm³/mol. The van der Waals surface area contributed by atoms with Crippen molar-refractivity contribution in [2.45, 2.75) is 11.8 Å². The molecular formula is C17H20N2O4S2. The lowest BCUT2D eigenvalue weighted by atomic mass is 10.2. The lowest BCUT2D eigenvalue weighted by Gasteiger charge is -2.11. The summed E-state index contributed by atoms with van der Waals surface area (Å²) in [4.78, 5) is 0.0981. The van der Waals surface area contributed by atoms with Crippen LogP contribution in [0.3, 0.4) is 0 Å². The Morgan fingerprint density at radius 2 is 1.84 bits per heavy atom. The number of hydrogen-bond donors (Lipinski definition) is 2. The summed E-state index contributed by atoms with van der Waals surface area (Å²) in [5, 5.41) is 10.6. The first kappa shape index (κ1) is 19.1. The number of thioether (sulfide) groups is 1. The number of benzene rings is 2. The van der Waals surface area contributed by atoms with E-state index in [1.165, 1.54) is 23.9 Å². The molecule has 0 amide bonds. The average molecular weight is 380 g/mol. The molecule has 2 N–H and O–H groups in total. The molecule has 0 aliphatic rings. The molecule has 8 heteroatoms. The summed E-state index contributed by atoms with van der Waals surface area (Å²) in [6, 6.07) is 13.0. The molecule has 2 rings (SSSR count). The highest BCUT2D eigenvalue weighted by atomic mass is 32.2. The zero-order valence-corrected chi connectivity index (χ0v) is 15.6. The Morgan fingerprint density at radius 1 is 1.16 bits per heavy atom. The molecule has 0 atom stereocenters. The third kappa shape index (κ3) is 5.99. The van der Waals surface area contributed by atoms with Gasteiger partial charge >= 0.3 is 10.1 Å². The molecule has 134 valence electrons. The summed E-state index contributed by atoms with van der Waals surface area (Å²) in [6.07, 6.45) is 0. The van der Waals surface area contributed by atoms with E-state index in [9.17, 15) is 8.42 Å². The van der Waals surface area contributed by atoms with Crippen LogP contribution in [0.1, 0.15) is 5.56 Å². The van der Waals surface area contributed by atoms with Crippen LogP contribution in [-0.2, 0) is 10.1 Å². The maximum absolute atomic E-state index is 12.3. The standard InChI is InChI=1S/C17H20N2O4S2/c1-13-10-14(22-8-9-24-17(18)19-2)12-15(11-13)23-25(20,21)16-6-4-3-5-7-16/h3-7,10-12H,8-9H2,1-2H3,(H2,18,19). The smallest absolute Gasteiger partial charge is 0.339 e. The van der Waals surface area contributed by atoms with Gasteiger partial charge in [0.15, 0.2) is 5.17 Å². The van der Waals surface area contributed by atoms with Crippen molar-refractivity contribution in [1.29, 1.82) is 5.41 Å². The quantitative estimate of drug-likeness (QED) is 0.332. The van der Waals surface area contributed by atoms with Gasteiger partial charge in [0, 0.05) is 18.9 Å². The van der Waals surface area contributed by atoms with E-state index in [0.29, 0.717) is 23.3 Å². The van der Waals surface area contributed by atoms with Gasteiger partial charge in [0.25, 0.3) is 0 Å². The van der Waals surface area contributed by atoms with Crippen LogP contribution in [0.5, 0.6) is 11.5 Å². The average Bonchev–Trinajstić information content (AvgIpc) is 2.58. The van der Waals surface area contributed by atoms with Crippen LogP contribution in [0.4, 0.5) is 0 Å². The van der Waals surface area contributed by atoms with Crippen molar-refractivity contribution in [2.24, 2.45) is 0 Å². The highest BCUT2D eigenvalue weighted by Gasteiger charge is 2.16. The number of nitrogens with one attached hydrogen (secondary N) is 2. The van der Waals surface area contributed by atoms with Crippen LogP contribution in [0.25, 0.3) is 0 Å². The van der Waals surface area contributed by atoms with Crippen LogP contribution in [-0.4, -0.2) is 33.0 Å². The first-order chi connectivity index (χ1) is 11.9. The highest BCUT2D eigenvalue weighted by Crippen LogP contribution is 2.25. The van der Waals surface area contributed by atoms with Gasteiger partial charge in [0.2, 0.25) is 0 Å². The van der Waals surface area contributed by atoms with E-state index in [1.807, 2.05) is 6.92 Å². The Labute approximate surface area is 152 Å². The molecule has 2 aromatic rings. The minimum atomic E-state index is -3.88. The summed E-state index contributed by atoms with van der Waals surface area (Å²) in [5.41, 5.74) is 0.825. The molecule has 0 saturated heterocycles. The van der Waals surface area contributed by atoms with Gasteiger partial charge in [-0.05, 0) is 36.8 Å². The topological polar surface area (TPSA) is 88.5 Å². The summed E-state index contributed by atoms with van der Waals surface area (Å²) in [6.45, 7) is 2.23. The zero-order chi connectivity index (χ0) is 18.3. The largest absolute Gasteiger partial charge is 0.493 e. The number of hydrogen-bond acceptors (Lipinski definition) is 6. The molecule has 0 heterocycles. The monoisotopic (exact) mass is 380 g/mol. The summed E-state index contributed by atoms with van der Waals surface area (Å²) in [5.74, 6) is 1.33. The van der Waals surface area contributed by atoms with E-state index in [1.54, 1.807) is 43.4 Å². The van der Waals surface area contributed by atoms with Crippen LogP contribution < -0.4 is 14.2 Å². The number of rotatable bonds is 7. The molecule has 0 unspecified atom stereocenters. The van der Waals surface area contributed by atoms with Crippen molar-refractivity contribution < 1.29 is 17.3 Å². The van der Waals surface area contributed by atoms with Gasteiger partial charge in [-0.25, -0.2) is 0 Å². The summed E-state index contributed by atoms with van der Waals surface area (Å²) >= 11 is 1.33. The maximum atomic E-state index is 12.3. The number of amidine groups is 1. The molecule has 0 aromatic heterocycles. The van der Waals surface area contributed by atoms with Gasteiger partial charge in [-0.3, -0.25) is 5.41 Å². The Balaban J connectivity index is 2.05. The van der Waals surface area contributed by atoms with Crippen molar-refractivity contribution in [1.82, 2.24) is 5.32 Å². The molecule has 6 nitrogen and oxygen atoms in total. The van der Waals surface area contributed by atoms with Crippen molar-refractivity contribution >= 4 is 27.0 Å². The fourth-order valence-electron chi connectivity index (χ4n) is 1.98. The van der Waals surface area contributed by atoms with Gasteiger partial charge < -0.3 is 14.2 Å². The zero-order valence-electron chi connectivity index (χ0n) is 14.0. The van der Waals surface area contributed by atoms with Gasteiger partial charge in [0.1, 0.15) is 16.4 Å². The van der Waals surface area contributed by atoms with E-state index in [4.69, 9.17) is 14.3 Å². The molecule has 0 fully saturated rings. The molecule has 0 bridgehead atoms. The van der Waals surface area contributed by atoms with E-state index in [0.717, 1.165) is 5.56 Å². The Kier molecular flexibility index (Phi) is 6.72. The Bertz CT molecular complexity index is 824. The third-order valence-corrected chi connectivity index (χ3v) is 5.21. The second kappa shape index (κ2) is 8.77. The minimum absolute atomic E-state index is 0.0981. The van der Waals surface area contributed by atoms with Crippen LogP contribution in [0.2, 0.25) is 0 Å². The number of ether oxygens (including phenoxy) is 1. The second-order valence-corrected chi connectivity index (χ2v) is 7.76. The van der Waals surface area contributed by atoms with Crippen molar-refractivity contribution in [3.05, 3.63) is 54.1 Å². The molecule has 0 saturated carbocycles. The minimum Gasteiger partial charge on any atom is -0.493 e. The van der Waals surface area contributed by atoms with Gasteiger partial charge in [-0.2, -0.15) is 8.42 Å². The lowest BCUT2D eigenvalue weighted by Crippen LogP contribution is -2.14. The summed E-state index contributed by atoms with van der Waals surface area (Å²) < 4.78 is 35.4. The van der Waals surface area contributed by atoms with Crippen LogP contribution in [0.15, 0.2) is 53.4 Å². The fourth-order valence-corrected chi connectivity index (χ4v) is 3.43. The van der Waals surface area contributed by atoms with Crippen LogP contribution >= 0.6 is 11.8 Å². The van der Waals surface area contributed by atoms with Crippen molar-refractivity contribution in [2.75, 3.05) is 19.4 Å². The maximum Gasteiger partial charge on any atom is 0.339 e. The van der Waals surface area contributed by atoms with Crippen LogP contribution in [0, 0.1) is 12.3 Å². The summed E-state index contributed by atoms with van der Waals surface area (Å²) in [7, 11) is -2.19. The van der Waals surface area contributed by atoms with E-state index < -0.39 is 10.1 Å². The highest BCUT2D eigenvalue weighted by molar-refractivity contribution is 8.13. The molecule has 0 spiro atoms. The Hall–Kier alpha value is -2.19. The van der Waals surface area contributed by atoms with Crippen molar-refractivity contribution in [3.8, 4) is 11.5 Å². The number of aryl methyl sites for hydroxylation is 1. The van der Waals surface area contributed by atoms with E-state index in [2.05, 4.69) is 5.32 Å². The second-order valence-electron chi connectivity index (χ2n) is 5.11. The molecule has 0 radical (unpaired) electrons. The van der Waals surface area contributed by atoms with E-state index >= 15 is 0 Å². The first-order valence-electron chi connectivity index (χ1n) is 7.54. The SMILES string of the molecule is CNC(=N)SCCOc1cc(C)cc(OS(=O)(=O)c2ccccc2)c1. The molecule has 25 heavy (non-hydrogen) atoms. The Morgan fingerprint density at radius 3 is 2.52 bits per heavy atom. The van der Waals surface area contributed by atoms with Gasteiger partial charge in [-0.15, -0.1) is 0 Å². The lowest BCUT2D eigenvalue weighted by molar-refractivity contribution is 0.342. The predicted octanol–water partition coefficient (Wildman–Crippen LogP) is 3.03. The van der Waals surface area contributed by atoms with Crippen molar-refractivity contribution in [3.63, 3.8) is 0 Å². The molecule has 0 aliphatic heterocycles. The van der Waals surface area contributed by atoms with Gasteiger partial charge in [0.05, 0.1) is 6.61 Å². The van der Waals surface area contributed by atoms with E-state index in [-0.39, 0.29) is 10.6 Å². The fraction of sp³-hybridized carbons (Fsp3) is 0.235.